The van der Waals surface area contributed by atoms with E-state index in [0.717, 1.165) is 24.9 Å². The minimum atomic E-state index is 0.156. The number of nitrogens with one attached hydrogen (secondary N) is 1. The van der Waals surface area contributed by atoms with Crippen LogP contribution in [-0.4, -0.2) is 10.2 Å². The van der Waals surface area contributed by atoms with E-state index in [-0.39, 0.29) is 6.04 Å². The Kier molecular flexibility index (Phi) is 3.21. The van der Waals surface area contributed by atoms with Crippen molar-refractivity contribution < 1.29 is 0 Å². The highest BCUT2D eigenvalue weighted by atomic mass is 15.2. The highest BCUT2D eigenvalue weighted by Gasteiger charge is 2.21. The van der Waals surface area contributed by atoms with Crippen LogP contribution in [0.5, 0.6) is 0 Å². The molecule has 0 aliphatic heterocycles. The van der Waals surface area contributed by atoms with Crippen molar-refractivity contribution in [2.24, 2.45) is 0 Å². The Morgan fingerprint density at radius 2 is 2.25 bits per heavy atom. The molecule has 1 aromatic heterocycles. The largest absolute Gasteiger partial charge is 0.399 e. The Morgan fingerprint density at radius 3 is 3.10 bits per heavy atom. The summed E-state index contributed by atoms with van der Waals surface area (Å²) < 4.78 is 0. The van der Waals surface area contributed by atoms with Crippen molar-refractivity contribution in [3.8, 4) is 6.07 Å². The summed E-state index contributed by atoms with van der Waals surface area (Å²) in [7, 11) is 0. The third-order valence-electron chi connectivity index (χ3n) is 3.63. The van der Waals surface area contributed by atoms with Crippen LogP contribution in [0.1, 0.15) is 35.6 Å². The molecule has 0 fully saturated rings. The van der Waals surface area contributed by atoms with Gasteiger partial charge in [0, 0.05) is 5.69 Å². The molecule has 3 N–H and O–H groups in total. The molecule has 3 rings (SSSR count). The lowest BCUT2D eigenvalue weighted by Crippen LogP contribution is -2.19. The van der Waals surface area contributed by atoms with Gasteiger partial charge >= 0.3 is 0 Å². The fourth-order valence-corrected chi connectivity index (χ4v) is 2.68. The van der Waals surface area contributed by atoms with Gasteiger partial charge in [0.05, 0.1) is 17.8 Å². The predicted molar refractivity (Wildman–Crippen MR) is 76.9 cm³/mol. The van der Waals surface area contributed by atoms with E-state index in [2.05, 4.69) is 27.6 Å². The average molecular weight is 265 g/mol. The topological polar surface area (TPSA) is 87.6 Å². The third-order valence-corrected chi connectivity index (χ3v) is 3.63. The number of aryl methyl sites for hydroxylation is 1. The predicted octanol–water partition coefficient (Wildman–Crippen LogP) is 2.42. The van der Waals surface area contributed by atoms with E-state index >= 15 is 0 Å². The van der Waals surface area contributed by atoms with Crippen LogP contribution in [0, 0.1) is 11.3 Å². The van der Waals surface area contributed by atoms with E-state index in [1.54, 1.807) is 6.07 Å². The van der Waals surface area contributed by atoms with Crippen molar-refractivity contribution in [3.05, 3.63) is 47.2 Å². The second-order valence-electron chi connectivity index (χ2n) is 4.95. The monoisotopic (exact) mass is 265 g/mol. The second kappa shape index (κ2) is 5.17. The fraction of sp³-hybridized carbons (Fsp3) is 0.267. The van der Waals surface area contributed by atoms with Crippen molar-refractivity contribution in [1.29, 1.82) is 5.26 Å². The zero-order valence-electron chi connectivity index (χ0n) is 11.0. The van der Waals surface area contributed by atoms with E-state index in [1.165, 1.54) is 17.3 Å². The Morgan fingerprint density at radius 1 is 1.35 bits per heavy atom. The molecule has 0 radical (unpaired) electrons. The van der Waals surface area contributed by atoms with Crippen LogP contribution in [0.25, 0.3) is 0 Å². The number of nitrogen functional groups attached to an aromatic ring is 1. The SMILES string of the molecule is N#Cc1ccnnc1NC1CCCc2cc(N)ccc21. The molecule has 0 saturated heterocycles. The molecular formula is C15H15N5. The molecular weight excluding hydrogens is 250 g/mol. The first-order valence-electron chi connectivity index (χ1n) is 6.64. The number of fused-ring (bicyclic) bond motifs is 1. The first-order chi connectivity index (χ1) is 9.78. The third kappa shape index (κ3) is 2.28. The number of hydrogen-bond acceptors (Lipinski definition) is 5. The molecule has 1 aliphatic rings. The van der Waals surface area contributed by atoms with Crippen molar-refractivity contribution in [2.45, 2.75) is 25.3 Å². The molecule has 2 aromatic rings. The van der Waals surface area contributed by atoms with Crippen LogP contribution in [0.3, 0.4) is 0 Å². The van der Waals surface area contributed by atoms with Gasteiger partial charge in [0.15, 0.2) is 5.82 Å². The molecule has 100 valence electrons. The normalized spacial score (nSPS) is 17.1. The zero-order chi connectivity index (χ0) is 13.9. The van der Waals surface area contributed by atoms with Gasteiger partial charge in [0.2, 0.25) is 0 Å². The first-order valence-corrected chi connectivity index (χ1v) is 6.64. The lowest BCUT2D eigenvalue weighted by molar-refractivity contribution is 0.597. The number of rotatable bonds is 2. The average Bonchev–Trinajstić information content (AvgIpc) is 2.47. The Bertz CT molecular complexity index is 674. The molecule has 20 heavy (non-hydrogen) atoms. The van der Waals surface area contributed by atoms with Crippen LogP contribution in [-0.2, 0) is 6.42 Å². The molecule has 5 nitrogen and oxygen atoms in total. The minimum absolute atomic E-state index is 0.156. The van der Waals surface area contributed by atoms with Gasteiger partial charge in [0.25, 0.3) is 0 Å². The highest BCUT2D eigenvalue weighted by Crippen LogP contribution is 2.33. The van der Waals surface area contributed by atoms with E-state index < -0.39 is 0 Å². The van der Waals surface area contributed by atoms with E-state index in [1.807, 2.05) is 12.1 Å². The van der Waals surface area contributed by atoms with Gasteiger partial charge in [-0.05, 0) is 48.6 Å². The fourth-order valence-electron chi connectivity index (χ4n) is 2.68. The quantitative estimate of drug-likeness (QED) is 0.814. The maximum atomic E-state index is 9.11. The zero-order valence-corrected chi connectivity index (χ0v) is 11.0. The summed E-state index contributed by atoms with van der Waals surface area (Å²) in [6.07, 6.45) is 4.68. The highest BCUT2D eigenvalue weighted by molar-refractivity contribution is 5.54. The molecule has 0 spiro atoms. The molecule has 1 unspecified atom stereocenters. The molecule has 1 aliphatic carbocycles. The van der Waals surface area contributed by atoms with Crippen LogP contribution >= 0.6 is 0 Å². The Labute approximate surface area is 117 Å². The van der Waals surface area contributed by atoms with Gasteiger partial charge in [-0.1, -0.05) is 6.07 Å². The van der Waals surface area contributed by atoms with E-state index in [4.69, 9.17) is 11.0 Å². The van der Waals surface area contributed by atoms with Gasteiger partial charge in [0.1, 0.15) is 6.07 Å². The number of nitrogens with zero attached hydrogens (tertiary/aromatic N) is 3. The van der Waals surface area contributed by atoms with Gasteiger partial charge in [-0.2, -0.15) is 10.4 Å². The van der Waals surface area contributed by atoms with E-state index in [9.17, 15) is 0 Å². The van der Waals surface area contributed by atoms with Gasteiger partial charge in [-0.25, -0.2) is 0 Å². The van der Waals surface area contributed by atoms with Crippen molar-refractivity contribution >= 4 is 11.5 Å². The molecule has 1 heterocycles. The maximum Gasteiger partial charge on any atom is 0.167 e. The second-order valence-corrected chi connectivity index (χ2v) is 4.95. The number of hydrogen-bond donors (Lipinski definition) is 2. The first kappa shape index (κ1) is 12.4. The van der Waals surface area contributed by atoms with Crippen molar-refractivity contribution in [2.75, 3.05) is 11.1 Å². The Hall–Kier alpha value is -2.61. The Balaban J connectivity index is 1.92. The summed E-state index contributed by atoms with van der Waals surface area (Å²) in [5, 5.41) is 20.3. The molecule has 0 bridgehead atoms. The van der Waals surface area contributed by atoms with Gasteiger partial charge in [-0.3, -0.25) is 0 Å². The van der Waals surface area contributed by atoms with Crippen LogP contribution in [0.4, 0.5) is 11.5 Å². The number of benzene rings is 1. The summed E-state index contributed by atoms with van der Waals surface area (Å²) >= 11 is 0. The number of nitrogens with two attached hydrogens (primary N) is 1. The van der Waals surface area contributed by atoms with Crippen LogP contribution in [0.2, 0.25) is 0 Å². The number of nitriles is 1. The number of anilines is 2. The minimum Gasteiger partial charge on any atom is -0.399 e. The summed E-state index contributed by atoms with van der Waals surface area (Å²) in [6.45, 7) is 0. The molecule has 0 amide bonds. The van der Waals surface area contributed by atoms with Crippen molar-refractivity contribution in [3.63, 3.8) is 0 Å². The summed E-state index contributed by atoms with van der Waals surface area (Å²) in [5.74, 6) is 0.546. The van der Waals surface area contributed by atoms with Crippen molar-refractivity contribution in [1.82, 2.24) is 10.2 Å². The summed E-state index contributed by atoms with van der Waals surface area (Å²) in [6, 6.07) is 9.97. The lowest BCUT2D eigenvalue weighted by Gasteiger charge is -2.27. The van der Waals surface area contributed by atoms with Crippen LogP contribution < -0.4 is 11.1 Å². The summed E-state index contributed by atoms with van der Waals surface area (Å²) in [4.78, 5) is 0. The molecule has 1 atom stereocenters. The maximum absolute atomic E-state index is 9.11. The van der Waals surface area contributed by atoms with Crippen LogP contribution in [0.15, 0.2) is 30.5 Å². The summed E-state index contributed by atoms with van der Waals surface area (Å²) in [5.41, 5.74) is 9.66. The lowest BCUT2D eigenvalue weighted by atomic mass is 9.87. The molecule has 1 aromatic carbocycles. The number of aromatic nitrogens is 2. The molecule has 0 saturated carbocycles. The van der Waals surface area contributed by atoms with E-state index in [0.29, 0.717) is 11.4 Å². The molecule has 5 heteroatoms. The van der Waals surface area contributed by atoms with Gasteiger partial charge < -0.3 is 11.1 Å². The standard InChI is InChI=1S/C15H15N5/c16-9-11-6-7-18-20-15(11)19-14-3-1-2-10-8-12(17)4-5-13(10)14/h4-8,14H,1-3,17H2,(H,19,20). The smallest absolute Gasteiger partial charge is 0.167 e. The van der Waals surface area contributed by atoms with Gasteiger partial charge in [-0.15, -0.1) is 5.10 Å².